The van der Waals surface area contributed by atoms with Gasteiger partial charge in [-0.3, -0.25) is 14.9 Å². The van der Waals surface area contributed by atoms with Gasteiger partial charge in [0.25, 0.3) is 0 Å². The van der Waals surface area contributed by atoms with Crippen LogP contribution < -0.4 is 11.1 Å². The van der Waals surface area contributed by atoms with Crippen molar-refractivity contribution in [2.45, 2.75) is 43.7 Å². The Morgan fingerprint density at radius 3 is 2.45 bits per heavy atom. The third-order valence-corrected chi connectivity index (χ3v) is 3.70. The fourth-order valence-electron chi connectivity index (χ4n) is 2.42. The Labute approximate surface area is 118 Å². The molecule has 108 valence electrons. The second-order valence-corrected chi connectivity index (χ2v) is 5.48. The van der Waals surface area contributed by atoms with Gasteiger partial charge in [-0.2, -0.15) is 0 Å². The lowest BCUT2D eigenvalue weighted by Gasteiger charge is -2.23. The monoisotopic (exact) mass is 276 g/mol. The number of carboxylic acids is 1. The lowest BCUT2D eigenvalue weighted by Crippen LogP contribution is -2.46. The predicted molar refractivity (Wildman–Crippen MR) is 75.1 cm³/mol. The molecule has 0 unspecified atom stereocenters. The fourth-order valence-corrected chi connectivity index (χ4v) is 2.42. The van der Waals surface area contributed by atoms with E-state index < -0.39 is 17.9 Å². The molecule has 0 heterocycles. The first-order valence-corrected chi connectivity index (χ1v) is 6.83. The highest BCUT2D eigenvalue weighted by atomic mass is 16.4. The summed E-state index contributed by atoms with van der Waals surface area (Å²) in [6.45, 7) is 0. The van der Waals surface area contributed by atoms with Crippen LogP contribution in [0.1, 0.15) is 31.2 Å². The van der Waals surface area contributed by atoms with Gasteiger partial charge >= 0.3 is 5.97 Å². The van der Waals surface area contributed by atoms with Gasteiger partial charge in [-0.25, -0.2) is 0 Å². The Hall–Kier alpha value is -1.88. The van der Waals surface area contributed by atoms with Gasteiger partial charge in [0.05, 0.1) is 0 Å². The highest BCUT2D eigenvalue weighted by molar-refractivity contribution is 5.77. The van der Waals surface area contributed by atoms with Crippen LogP contribution in [0.25, 0.3) is 0 Å². The number of amides is 1. The number of benzene rings is 1. The average Bonchev–Trinajstić information content (AvgIpc) is 3.15. The Kier molecular flexibility index (Phi) is 4.39. The summed E-state index contributed by atoms with van der Waals surface area (Å²) in [6, 6.07) is 9.29. The summed E-state index contributed by atoms with van der Waals surface area (Å²) in [7, 11) is 0. The molecule has 5 heteroatoms. The van der Waals surface area contributed by atoms with Crippen molar-refractivity contribution in [3.8, 4) is 0 Å². The number of carboxylic acid groups (broad SMARTS) is 1. The molecule has 0 spiro atoms. The number of carbonyl (C=O) groups is 2. The minimum Gasteiger partial charge on any atom is -0.480 e. The normalized spacial score (nSPS) is 17.4. The Morgan fingerprint density at radius 2 is 1.95 bits per heavy atom. The van der Waals surface area contributed by atoms with Gasteiger partial charge in [-0.1, -0.05) is 30.3 Å². The van der Waals surface area contributed by atoms with Crippen molar-refractivity contribution in [1.82, 2.24) is 5.32 Å². The Bertz CT molecular complexity index is 483. The first-order valence-electron chi connectivity index (χ1n) is 6.83. The highest BCUT2D eigenvalue weighted by Gasteiger charge is 2.44. The third-order valence-electron chi connectivity index (χ3n) is 3.70. The van der Waals surface area contributed by atoms with Gasteiger partial charge in [-0.05, 0) is 31.2 Å². The molecule has 1 aliphatic carbocycles. The largest absolute Gasteiger partial charge is 0.480 e. The highest BCUT2D eigenvalue weighted by Crippen LogP contribution is 2.39. The molecule has 5 nitrogen and oxygen atoms in total. The second-order valence-electron chi connectivity index (χ2n) is 5.48. The van der Waals surface area contributed by atoms with Crippen molar-refractivity contribution in [2.24, 2.45) is 5.73 Å². The Morgan fingerprint density at radius 1 is 1.30 bits per heavy atom. The SMILES string of the molecule is NC(=O)CC[C@H](NC1(Cc2ccccc2)CC1)C(=O)O. The molecule has 0 bridgehead atoms. The molecule has 0 aromatic heterocycles. The van der Waals surface area contributed by atoms with Crippen molar-refractivity contribution in [3.63, 3.8) is 0 Å². The van der Waals surface area contributed by atoms with Crippen LogP contribution in [-0.2, 0) is 16.0 Å². The second kappa shape index (κ2) is 6.05. The molecule has 1 amide bonds. The molecule has 1 fully saturated rings. The summed E-state index contributed by atoms with van der Waals surface area (Å²) in [5.74, 6) is -1.39. The van der Waals surface area contributed by atoms with E-state index in [0.717, 1.165) is 19.3 Å². The molecular formula is C15H20N2O3. The summed E-state index contributed by atoms with van der Waals surface area (Å²) in [5, 5.41) is 12.4. The van der Waals surface area contributed by atoms with Gasteiger partial charge in [-0.15, -0.1) is 0 Å². The standard InChI is InChI=1S/C15H20N2O3/c16-13(18)7-6-12(14(19)20)17-15(8-9-15)10-11-4-2-1-3-5-11/h1-5,12,17H,6-10H2,(H2,16,18)(H,19,20)/t12-/m0/s1. The smallest absolute Gasteiger partial charge is 0.320 e. The molecule has 0 saturated heterocycles. The maximum Gasteiger partial charge on any atom is 0.320 e. The summed E-state index contributed by atoms with van der Waals surface area (Å²) in [4.78, 5) is 22.1. The van der Waals surface area contributed by atoms with Crippen LogP contribution >= 0.6 is 0 Å². The molecule has 1 saturated carbocycles. The van der Waals surface area contributed by atoms with Gasteiger partial charge in [0.15, 0.2) is 0 Å². The number of nitrogens with one attached hydrogen (secondary N) is 1. The maximum atomic E-state index is 11.3. The Balaban J connectivity index is 1.95. The van der Waals surface area contributed by atoms with Gasteiger partial charge in [0, 0.05) is 12.0 Å². The number of aliphatic carboxylic acids is 1. The fraction of sp³-hybridized carbons (Fsp3) is 0.467. The van der Waals surface area contributed by atoms with Crippen molar-refractivity contribution < 1.29 is 14.7 Å². The number of carbonyl (C=O) groups excluding carboxylic acids is 1. The van der Waals surface area contributed by atoms with E-state index in [0.29, 0.717) is 0 Å². The van der Waals surface area contributed by atoms with E-state index in [-0.39, 0.29) is 18.4 Å². The molecule has 1 aromatic carbocycles. The molecule has 1 aromatic rings. The number of nitrogens with two attached hydrogens (primary N) is 1. The van der Waals surface area contributed by atoms with Gasteiger partial charge in [0.1, 0.15) is 6.04 Å². The number of hydrogen-bond donors (Lipinski definition) is 3. The van der Waals surface area contributed by atoms with E-state index in [2.05, 4.69) is 5.32 Å². The quantitative estimate of drug-likeness (QED) is 0.662. The minimum atomic E-state index is -0.925. The molecule has 0 radical (unpaired) electrons. The first-order chi connectivity index (χ1) is 9.51. The number of hydrogen-bond acceptors (Lipinski definition) is 3. The average molecular weight is 276 g/mol. The van der Waals surface area contributed by atoms with Gasteiger partial charge in [0.2, 0.25) is 5.91 Å². The molecule has 20 heavy (non-hydrogen) atoms. The summed E-state index contributed by atoms with van der Waals surface area (Å²) >= 11 is 0. The molecule has 2 rings (SSSR count). The lowest BCUT2D eigenvalue weighted by atomic mass is 10.0. The van der Waals surface area contributed by atoms with Crippen molar-refractivity contribution >= 4 is 11.9 Å². The predicted octanol–water partition coefficient (Wildman–Crippen LogP) is 1.07. The molecule has 1 aliphatic rings. The zero-order valence-electron chi connectivity index (χ0n) is 11.3. The third kappa shape index (κ3) is 4.06. The molecular weight excluding hydrogens is 256 g/mol. The number of rotatable bonds is 8. The van der Waals surface area contributed by atoms with Crippen LogP contribution in [0.15, 0.2) is 30.3 Å². The zero-order valence-corrected chi connectivity index (χ0v) is 11.3. The van der Waals surface area contributed by atoms with Crippen LogP contribution in [-0.4, -0.2) is 28.6 Å². The molecule has 0 aliphatic heterocycles. The minimum absolute atomic E-state index is 0.0887. The van der Waals surface area contributed by atoms with Crippen molar-refractivity contribution in [1.29, 1.82) is 0 Å². The van der Waals surface area contributed by atoms with E-state index in [9.17, 15) is 14.7 Å². The lowest BCUT2D eigenvalue weighted by molar-refractivity contribution is -0.140. The topological polar surface area (TPSA) is 92.4 Å². The van der Waals surface area contributed by atoms with E-state index in [1.54, 1.807) is 0 Å². The van der Waals surface area contributed by atoms with Crippen LogP contribution in [0.2, 0.25) is 0 Å². The van der Waals surface area contributed by atoms with Crippen molar-refractivity contribution in [3.05, 3.63) is 35.9 Å². The zero-order chi connectivity index (χ0) is 14.6. The molecule has 1 atom stereocenters. The van der Waals surface area contributed by atoms with E-state index in [1.807, 2.05) is 30.3 Å². The van der Waals surface area contributed by atoms with E-state index in [1.165, 1.54) is 5.56 Å². The summed E-state index contributed by atoms with van der Waals surface area (Å²) < 4.78 is 0. The summed E-state index contributed by atoms with van der Waals surface area (Å²) in [5.41, 5.74) is 6.14. The first kappa shape index (κ1) is 14.5. The van der Waals surface area contributed by atoms with E-state index in [4.69, 9.17) is 5.73 Å². The van der Waals surface area contributed by atoms with Crippen molar-refractivity contribution in [2.75, 3.05) is 0 Å². The maximum absolute atomic E-state index is 11.3. The van der Waals surface area contributed by atoms with Gasteiger partial charge < -0.3 is 10.8 Å². The van der Waals surface area contributed by atoms with E-state index >= 15 is 0 Å². The molecule has 4 N–H and O–H groups in total. The summed E-state index contributed by atoms with van der Waals surface area (Å²) in [6.07, 6.45) is 3.06. The van der Waals surface area contributed by atoms with Crippen LogP contribution in [0.5, 0.6) is 0 Å². The van der Waals surface area contributed by atoms with Crippen LogP contribution in [0, 0.1) is 0 Å². The number of primary amides is 1. The van der Waals surface area contributed by atoms with Crippen LogP contribution in [0.3, 0.4) is 0 Å². The van der Waals surface area contributed by atoms with Crippen LogP contribution in [0.4, 0.5) is 0 Å².